The lowest BCUT2D eigenvalue weighted by Crippen LogP contribution is -2.44. The number of amides is 1. The van der Waals surface area contributed by atoms with Crippen LogP contribution in [0.25, 0.3) is 10.9 Å². The number of H-pyrrole nitrogens is 1. The van der Waals surface area contributed by atoms with Gasteiger partial charge in [-0.15, -0.1) is 0 Å². The fourth-order valence-corrected chi connectivity index (χ4v) is 3.19. The summed E-state index contributed by atoms with van der Waals surface area (Å²) in [4.78, 5) is 18.1. The number of nitrogens with zero attached hydrogens (tertiary/aromatic N) is 1. The van der Waals surface area contributed by atoms with Gasteiger partial charge < -0.3 is 15.6 Å². The van der Waals surface area contributed by atoms with Gasteiger partial charge in [0, 0.05) is 35.2 Å². The number of aromatic amines is 1. The second kappa shape index (κ2) is 5.67. The van der Waals surface area contributed by atoms with E-state index in [0.29, 0.717) is 12.6 Å². The standard InChI is InChI=1S/C16H21N3O/c17-9-7-12-4-1-2-11-19(12)16(20)14-5-3-6-15-13(14)8-10-18-15/h3,5-6,8,10,12,18H,1-2,4,7,9,11,17H2. The Balaban J connectivity index is 1.92. The molecule has 2 aromatic rings. The van der Waals surface area contributed by atoms with E-state index < -0.39 is 0 Å². The first-order valence-electron chi connectivity index (χ1n) is 7.38. The van der Waals surface area contributed by atoms with E-state index in [1.807, 2.05) is 35.4 Å². The van der Waals surface area contributed by atoms with E-state index in [9.17, 15) is 4.79 Å². The lowest BCUT2D eigenvalue weighted by molar-refractivity contribution is 0.0607. The van der Waals surface area contributed by atoms with Crippen LogP contribution in [0.4, 0.5) is 0 Å². The average molecular weight is 271 g/mol. The summed E-state index contributed by atoms with van der Waals surface area (Å²) in [6.07, 6.45) is 6.15. The van der Waals surface area contributed by atoms with Crippen molar-refractivity contribution in [3.63, 3.8) is 0 Å². The van der Waals surface area contributed by atoms with Crippen LogP contribution in [0.2, 0.25) is 0 Å². The molecular weight excluding hydrogens is 250 g/mol. The van der Waals surface area contributed by atoms with Gasteiger partial charge in [0.05, 0.1) is 0 Å². The van der Waals surface area contributed by atoms with E-state index in [-0.39, 0.29) is 5.91 Å². The molecule has 0 bridgehead atoms. The minimum absolute atomic E-state index is 0.147. The summed E-state index contributed by atoms with van der Waals surface area (Å²) in [5, 5.41) is 1.01. The fourth-order valence-electron chi connectivity index (χ4n) is 3.19. The van der Waals surface area contributed by atoms with E-state index in [0.717, 1.165) is 42.3 Å². The first-order valence-corrected chi connectivity index (χ1v) is 7.38. The highest BCUT2D eigenvalue weighted by molar-refractivity contribution is 6.06. The topological polar surface area (TPSA) is 62.1 Å². The van der Waals surface area contributed by atoms with Crippen LogP contribution in [0.3, 0.4) is 0 Å². The number of aromatic nitrogens is 1. The van der Waals surface area contributed by atoms with Crippen LogP contribution >= 0.6 is 0 Å². The molecule has 0 spiro atoms. The quantitative estimate of drug-likeness (QED) is 0.901. The first kappa shape index (κ1) is 13.2. The van der Waals surface area contributed by atoms with Gasteiger partial charge in [0.1, 0.15) is 0 Å². The van der Waals surface area contributed by atoms with Crippen molar-refractivity contribution in [2.75, 3.05) is 13.1 Å². The van der Waals surface area contributed by atoms with Crippen LogP contribution in [0.1, 0.15) is 36.0 Å². The molecule has 1 fully saturated rings. The number of nitrogens with two attached hydrogens (primary N) is 1. The van der Waals surface area contributed by atoms with Gasteiger partial charge in [-0.25, -0.2) is 0 Å². The third kappa shape index (κ3) is 2.31. The van der Waals surface area contributed by atoms with Crippen LogP contribution in [0.15, 0.2) is 30.5 Å². The van der Waals surface area contributed by atoms with Crippen LogP contribution in [0.5, 0.6) is 0 Å². The lowest BCUT2D eigenvalue weighted by atomic mass is 9.97. The Morgan fingerprint density at radius 3 is 3.10 bits per heavy atom. The molecule has 4 nitrogen and oxygen atoms in total. The summed E-state index contributed by atoms with van der Waals surface area (Å²) >= 11 is 0. The van der Waals surface area contributed by atoms with Crippen LogP contribution < -0.4 is 5.73 Å². The van der Waals surface area contributed by atoms with Gasteiger partial charge in [-0.05, 0) is 50.4 Å². The lowest BCUT2D eigenvalue weighted by Gasteiger charge is -2.36. The summed E-state index contributed by atoms with van der Waals surface area (Å²) in [6, 6.07) is 8.14. The molecule has 106 valence electrons. The second-order valence-electron chi connectivity index (χ2n) is 5.47. The average Bonchev–Trinajstić information content (AvgIpc) is 2.96. The molecule has 1 aromatic carbocycles. The summed E-state index contributed by atoms with van der Waals surface area (Å²) < 4.78 is 0. The molecule has 0 radical (unpaired) electrons. The Morgan fingerprint density at radius 1 is 1.35 bits per heavy atom. The SMILES string of the molecule is NCCC1CCCCN1C(=O)c1cccc2[nH]ccc12. The molecule has 4 heteroatoms. The molecule has 1 aliphatic rings. The van der Waals surface area contributed by atoms with Gasteiger partial charge in [-0.2, -0.15) is 0 Å². The van der Waals surface area contributed by atoms with Gasteiger partial charge in [0.15, 0.2) is 0 Å². The van der Waals surface area contributed by atoms with E-state index in [1.54, 1.807) is 0 Å². The Morgan fingerprint density at radius 2 is 2.25 bits per heavy atom. The molecule has 1 aromatic heterocycles. The Hall–Kier alpha value is -1.81. The summed E-state index contributed by atoms with van der Waals surface area (Å²) in [5.74, 6) is 0.147. The molecule has 3 rings (SSSR count). The molecule has 3 N–H and O–H groups in total. The molecule has 1 unspecified atom stereocenters. The van der Waals surface area contributed by atoms with Crippen molar-refractivity contribution in [2.24, 2.45) is 5.73 Å². The maximum atomic E-state index is 12.9. The molecule has 1 saturated heterocycles. The van der Waals surface area contributed by atoms with Crippen molar-refractivity contribution in [2.45, 2.75) is 31.7 Å². The van der Waals surface area contributed by atoms with Crippen molar-refractivity contribution < 1.29 is 4.79 Å². The number of likely N-dealkylation sites (tertiary alicyclic amines) is 1. The number of nitrogens with one attached hydrogen (secondary N) is 1. The molecule has 1 atom stereocenters. The maximum absolute atomic E-state index is 12.9. The minimum atomic E-state index is 0.147. The third-order valence-corrected chi connectivity index (χ3v) is 4.21. The number of benzene rings is 1. The van der Waals surface area contributed by atoms with Crippen molar-refractivity contribution in [3.8, 4) is 0 Å². The van der Waals surface area contributed by atoms with E-state index >= 15 is 0 Å². The number of carbonyl (C=O) groups is 1. The van der Waals surface area contributed by atoms with Crippen molar-refractivity contribution in [3.05, 3.63) is 36.0 Å². The third-order valence-electron chi connectivity index (χ3n) is 4.21. The van der Waals surface area contributed by atoms with Gasteiger partial charge in [-0.1, -0.05) is 6.07 Å². The van der Waals surface area contributed by atoms with Crippen LogP contribution in [-0.2, 0) is 0 Å². The Bertz CT molecular complexity index is 603. The Labute approximate surface area is 118 Å². The zero-order valence-electron chi connectivity index (χ0n) is 11.6. The van der Waals surface area contributed by atoms with Crippen LogP contribution in [-0.4, -0.2) is 34.9 Å². The van der Waals surface area contributed by atoms with E-state index in [2.05, 4.69) is 4.98 Å². The van der Waals surface area contributed by atoms with Crippen molar-refractivity contribution in [1.82, 2.24) is 9.88 Å². The van der Waals surface area contributed by atoms with Gasteiger partial charge in [-0.3, -0.25) is 4.79 Å². The zero-order valence-corrected chi connectivity index (χ0v) is 11.6. The number of hydrogen-bond acceptors (Lipinski definition) is 2. The molecular formula is C16H21N3O. The highest BCUT2D eigenvalue weighted by Gasteiger charge is 2.27. The predicted octanol–water partition coefficient (Wildman–Crippen LogP) is 2.51. The second-order valence-corrected chi connectivity index (χ2v) is 5.47. The molecule has 0 aliphatic carbocycles. The van der Waals surface area contributed by atoms with Crippen LogP contribution in [0, 0.1) is 0 Å². The first-order chi connectivity index (χ1) is 9.81. The number of carbonyl (C=O) groups excluding carboxylic acids is 1. The molecule has 1 aliphatic heterocycles. The maximum Gasteiger partial charge on any atom is 0.254 e. The molecule has 0 saturated carbocycles. The number of hydrogen-bond donors (Lipinski definition) is 2. The zero-order chi connectivity index (χ0) is 13.9. The van der Waals surface area contributed by atoms with Crippen molar-refractivity contribution >= 4 is 16.8 Å². The smallest absolute Gasteiger partial charge is 0.254 e. The largest absolute Gasteiger partial charge is 0.361 e. The van der Waals surface area contributed by atoms with E-state index in [4.69, 9.17) is 5.73 Å². The number of fused-ring (bicyclic) bond motifs is 1. The van der Waals surface area contributed by atoms with Gasteiger partial charge in [0.2, 0.25) is 0 Å². The minimum Gasteiger partial charge on any atom is -0.361 e. The Kier molecular flexibility index (Phi) is 3.74. The predicted molar refractivity (Wildman–Crippen MR) is 80.6 cm³/mol. The van der Waals surface area contributed by atoms with E-state index in [1.165, 1.54) is 6.42 Å². The number of piperidine rings is 1. The molecule has 20 heavy (non-hydrogen) atoms. The fraction of sp³-hybridized carbons (Fsp3) is 0.438. The van der Waals surface area contributed by atoms with Gasteiger partial charge >= 0.3 is 0 Å². The highest BCUT2D eigenvalue weighted by atomic mass is 16.2. The van der Waals surface area contributed by atoms with Gasteiger partial charge in [0.25, 0.3) is 5.91 Å². The monoisotopic (exact) mass is 271 g/mol. The van der Waals surface area contributed by atoms with Crippen molar-refractivity contribution in [1.29, 1.82) is 0 Å². The summed E-state index contributed by atoms with van der Waals surface area (Å²) in [6.45, 7) is 1.49. The highest BCUT2D eigenvalue weighted by Crippen LogP contribution is 2.25. The summed E-state index contributed by atoms with van der Waals surface area (Å²) in [7, 11) is 0. The molecule has 2 heterocycles. The number of rotatable bonds is 3. The normalized spacial score (nSPS) is 19.4. The summed E-state index contributed by atoms with van der Waals surface area (Å²) in [5.41, 5.74) is 7.51. The molecule has 1 amide bonds.